The molecule has 2 fully saturated rings. The van der Waals surface area contributed by atoms with Gasteiger partial charge >= 0.3 is 0 Å². The zero-order valence-corrected chi connectivity index (χ0v) is 22.1. The summed E-state index contributed by atoms with van der Waals surface area (Å²) in [6.45, 7) is 3.78. The van der Waals surface area contributed by atoms with Crippen molar-refractivity contribution in [2.45, 2.75) is 31.6 Å². The number of aryl methyl sites for hydroxylation is 1. The molecule has 1 atom stereocenters. The molecule has 3 aromatic carbocycles. The van der Waals surface area contributed by atoms with Crippen molar-refractivity contribution in [1.82, 2.24) is 14.9 Å². The lowest BCUT2D eigenvalue weighted by molar-refractivity contribution is -0.137. The van der Waals surface area contributed by atoms with E-state index in [1.807, 2.05) is 36.1 Å². The highest BCUT2D eigenvalue weighted by atomic mass is 16.2. The third-order valence-corrected chi connectivity index (χ3v) is 9.02. The first kappa shape index (κ1) is 23.8. The smallest absolute Gasteiger partial charge is 0.228 e. The Morgan fingerprint density at radius 3 is 2.00 bits per heavy atom. The fraction of sp³-hybridized carbons (Fsp3) is 0.273. The van der Waals surface area contributed by atoms with Crippen LogP contribution < -0.4 is 4.90 Å². The Balaban J connectivity index is 1.19. The van der Waals surface area contributed by atoms with Gasteiger partial charge in [-0.2, -0.15) is 0 Å². The van der Waals surface area contributed by atoms with Crippen molar-refractivity contribution in [3.8, 4) is 0 Å². The van der Waals surface area contributed by atoms with Crippen LogP contribution in [0.4, 0.5) is 5.69 Å². The number of piperidine rings is 1. The number of carbonyl (C=O) groups excluding carboxylic acids is 2. The van der Waals surface area contributed by atoms with Gasteiger partial charge in [-0.15, -0.1) is 0 Å². The maximum Gasteiger partial charge on any atom is 0.228 e. The number of para-hydroxylation sites is 3. The van der Waals surface area contributed by atoms with Gasteiger partial charge in [0, 0.05) is 71.4 Å². The van der Waals surface area contributed by atoms with Gasteiger partial charge in [-0.1, -0.05) is 54.6 Å². The lowest BCUT2D eigenvalue weighted by atomic mass is 9.67. The molecule has 0 bridgehead atoms. The van der Waals surface area contributed by atoms with Crippen molar-refractivity contribution in [1.29, 1.82) is 0 Å². The van der Waals surface area contributed by atoms with Gasteiger partial charge in [0.15, 0.2) is 0 Å². The highest BCUT2D eigenvalue weighted by Crippen LogP contribution is 2.47. The molecule has 2 saturated heterocycles. The number of fused-ring (bicyclic) bond motifs is 2. The highest BCUT2D eigenvalue weighted by molar-refractivity contribution is 6.01. The molecule has 6 heteroatoms. The number of carbonyl (C=O) groups is 2. The molecule has 0 radical (unpaired) electrons. The minimum absolute atomic E-state index is 0.0339. The molecule has 6 nitrogen and oxygen atoms in total. The summed E-state index contributed by atoms with van der Waals surface area (Å²) < 4.78 is 0. The second-order valence-electron chi connectivity index (χ2n) is 11.1. The number of anilines is 1. The fourth-order valence-electron chi connectivity index (χ4n) is 6.96. The molecular weight excluding hydrogens is 484 g/mol. The van der Waals surface area contributed by atoms with Crippen LogP contribution in [-0.4, -0.2) is 46.3 Å². The number of nitrogens with zero attached hydrogens (tertiary/aromatic N) is 2. The molecule has 39 heavy (non-hydrogen) atoms. The van der Waals surface area contributed by atoms with E-state index in [-0.39, 0.29) is 29.6 Å². The first-order valence-corrected chi connectivity index (χ1v) is 13.8. The zero-order valence-electron chi connectivity index (χ0n) is 22.1. The van der Waals surface area contributed by atoms with Crippen LogP contribution in [0.1, 0.15) is 36.0 Å². The standard InChI is InChI=1S/C33H32N4O2/c1-22-8-2-7-13-30(22)37-21-23(18-31(37)38)32(39)36-16-14-33(15-17-36,26-19-34-28-11-5-3-9-24(26)28)27-20-35-29-12-6-4-10-25(27)29/h2-13,19-20,23,34-35H,14-18,21H2,1H3/t23-/m1/s1. The number of benzene rings is 3. The Labute approximate surface area is 227 Å². The normalized spacial score (nSPS) is 19.3. The molecule has 196 valence electrons. The lowest BCUT2D eigenvalue weighted by Gasteiger charge is -2.43. The monoisotopic (exact) mass is 516 g/mol. The number of hydrogen-bond acceptors (Lipinski definition) is 2. The second kappa shape index (κ2) is 9.16. The number of aromatic nitrogens is 2. The van der Waals surface area contributed by atoms with Crippen LogP contribution in [0.25, 0.3) is 21.8 Å². The van der Waals surface area contributed by atoms with E-state index in [1.54, 1.807) is 4.90 Å². The molecule has 0 spiro atoms. The molecule has 5 aromatic rings. The molecule has 0 aliphatic carbocycles. The van der Waals surface area contributed by atoms with Gasteiger partial charge in [0.05, 0.1) is 5.92 Å². The van der Waals surface area contributed by atoms with Gasteiger partial charge < -0.3 is 19.8 Å². The van der Waals surface area contributed by atoms with Crippen LogP contribution in [0.3, 0.4) is 0 Å². The van der Waals surface area contributed by atoms with E-state index in [0.29, 0.717) is 19.6 Å². The first-order chi connectivity index (χ1) is 19.0. The Morgan fingerprint density at radius 1 is 0.821 bits per heavy atom. The number of nitrogens with one attached hydrogen (secondary N) is 2. The maximum absolute atomic E-state index is 13.8. The van der Waals surface area contributed by atoms with Crippen LogP contribution in [0, 0.1) is 12.8 Å². The first-order valence-electron chi connectivity index (χ1n) is 13.8. The number of rotatable bonds is 4. The molecule has 0 saturated carbocycles. The van der Waals surface area contributed by atoms with Gasteiger partial charge in [-0.3, -0.25) is 9.59 Å². The van der Waals surface area contributed by atoms with E-state index in [0.717, 1.165) is 35.1 Å². The van der Waals surface area contributed by atoms with Crippen molar-refractivity contribution in [3.05, 3.63) is 102 Å². The molecule has 7 rings (SSSR count). The molecule has 2 amide bonds. The second-order valence-corrected chi connectivity index (χ2v) is 11.1. The lowest BCUT2D eigenvalue weighted by Crippen LogP contribution is -2.47. The molecular formula is C33H32N4O2. The highest BCUT2D eigenvalue weighted by Gasteiger charge is 2.44. The predicted octanol–water partition coefficient (Wildman–Crippen LogP) is 5.92. The third kappa shape index (κ3) is 3.77. The largest absolute Gasteiger partial charge is 0.361 e. The average Bonchev–Trinajstić information content (AvgIpc) is 3.70. The summed E-state index contributed by atoms with van der Waals surface area (Å²) in [6, 6.07) is 24.9. The van der Waals surface area contributed by atoms with E-state index in [9.17, 15) is 9.59 Å². The Hall–Kier alpha value is -4.32. The van der Waals surface area contributed by atoms with Crippen LogP contribution in [0.5, 0.6) is 0 Å². The minimum atomic E-state index is -0.300. The summed E-state index contributed by atoms with van der Waals surface area (Å²) in [7, 11) is 0. The Bertz CT molecular complexity index is 1630. The Morgan fingerprint density at radius 2 is 1.38 bits per heavy atom. The summed E-state index contributed by atoms with van der Waals surface area (Å²) in [5.41, 5.74) is 6.58. The molecule has 2 aromatic heterocycles. The summed E-state index contributed by atoms with van der Waals surface area (Å²) in [6.07, 6.45) is 6.26. The average molecular weight is 517 g/mol. The summed E-state index contributed by atoms with van der Waals surface area (Å²) in [4.78, 5) is 37.5. The number of likely N-dealkylation sites (tertiary alicyclic amines) is 1. The van der Waals surface area contributed by atoms with Crippen molar-refractivity contribution in [3.63, 3.8) is 0 Å². The van der Waals surface area contributed by atoms with E-state index >= 15 is 0 Å². The van der Waals surface area contributed by atoms with E-state index in [1.165, 1.54) is 21.9 Å². The summed E-state index contributed by atoms with van der Waals surface area (Å²) in [5, 5.41) is 2.47. The number of aromatic amines is 2. The number of H-pyrrole nitrogens is 2. The Kier molecular flexibility index (Phi) is 5.58. The number of amides is 2. The number of hydrogen-bond donors (Lipinski definition) is 2. The van der Waals surface area contributed by atoms with Crippen molar-refractivity contribution in [2.75, 3.05) is 24.5 Å². The zero-order chi connectivity index (χ0) is 26.6. The van der Waals surface area contributed by atoms with Crippen molar-refractivity contribution in [2.24, 2.45) is 5.92 Å². The van der Waals surface area contributed by atoms with Gasteiger partial charge in [0.1, 0.15) is 0 Å². The van der Waals surface area contributed by atoms with Crippen molar-refractivity contribution < 1.29 is 9.59 Å². The molecule has 0 unspecified atom stereocenters. The van der Waals surface area contributed by atoms with Gasteiger partial charge in [-0.25, -0.2) is 0 Å². The topological polar surface area (TPSA) is 72.2 Å². The SMILES string of the molecule is Cc1ccccc1N1C[C@H](C(=O)N2CCC(c3c[nH]c4ccccc34)(c3c[nH]c4ccccc34)CC2)CC1=O. The summed E-state index contributed by atoms with van der Waals surface area (Å²) in [5.74, 6) is -0.164. The minimum Gasteiger partial charge on any atom is -0.361 e. The fourth-order valence-corrected chi connectivity index (χ4v) is 6.96. The molecule has 2 aliphatic rings. The van der Waals surface area contributed by atoms with Gasteiger partial charge in [0.2, 0.25) is 11.8 Å². The summed E-state index contributed by atoms with van der Waals surface area (Å²) >= 11 is 0. The predicted molar refractivity (Wildman–Crippen MR) is 155 cm³/mol. The van der Waals surface area contributed by atoms with E-state index < -0.39 is 0 Å². The van der Waals surface area contributed by atoms with Crippen LogP contribution in [-0.2, 0) is 15.0 Å². The van der Waals surface area contributed by atoms with Gasteiger partial charge in [0.25, 0.3) is 0 Å². The van der Waals surface area contributed by atoms with E-state index in [4.69, 9.17) is 0 Å². The molecule has 4 heterocycles. The molecule has 2 aliphatic heterocycles. The van der Waals surface area contributed by atoms with E-state index in [2.05, 4.69) is 70.9 Å². The third-order valence-electron chi connectivity index (χ3n) is 9.02. The van der Waals surface area contributed by atoms with Crippen LogP contribution in [0.2, 0.25) is 0 Å². The maximum atomic E-state index is 13.8. The quantitative estimate of drug-likeness (QED) is 0.311. The van der Waals surface area contributed by atoms with Crippen LogP contribution in [0.15, 0.2) is 85.2 Å². The van der Waals surface area contributed by atoms with Crippen LogP contribution >= 0.6 is 0 Å². The van der Waals surface area contributed by atoms with Gasteiger partial charge in [-0.05, 0) is 54.7 Å². The molecule has 2 N–H and O–H groups in total. The van der Waals surface area contributed by atoms with Crippen molar-refractivity contribution >= 4 is 39.3 Å².